The molecule has 4 aromatic rings. The highest BCUT2D eigenvalue weighted by atomic mass is 19.4. The minimum absolute atomic E-state index is 0.0158. The molecule has 3 heterocycles. The number of fused-ring (bicyclic) bond motifs is 2. The summed E-state index contributed by atoms with van der Waals surface area (Å²) in [4.78, 5) is 3.60. The average molecular weight is 366 g/mol. The van der Waals surface area contributed by atoms with E-state index in [-0.39, 0.29) is 16.6 Å². The Morgan fingerprint density at radius 3 is 2.62 bits per heavy atom. The van der Waals surface area contributed by atoms with Crippen molar-refractivity contribution in [2.75, 3.05) is 0 Å². The van der Waals surface area contributed by atoms with Crippen molar-refractivity contribution in [3.05, 3.63) is 53.5 Å². The maximum Gasteiger partial charge on any atom is 0.433 e. The van der Waals surface area contributed by atoms with Crippen LogP contribution in [-0.2, 0) is 6.18 Å². The molecule has 0 aliphatic rings. The van der Waals surface area contributed by atoms with E-state index in [4.69, 9.17) is 0 Å². The molecule has 0 radical (unpaired) electrons. The second-order valence-electron chi connectivity index (χ2n) is 5.92. The molecule has 134 valence electrons. The van der Waals surface area contributed by atoms with E-state index in [9.17, 15) is 22.0 Å². The molecule has 4 nitrogen and oxygen atoms in total. The number of alkyl halides is 5. The van der Waals surface area contributed by atoms with Crippen molar-refractivity contribution in [3.63, 3.8) is 0 Å². The fourth-order valence-corrected chi connectivity index (χ4v) is 3.01. The summed E-state index contributed by atoms with van der Waals surface area (Å²) in [7, 11) is 0. The minimum Gasteiger partial charge on any atom is -0.301 e. The lowest BCUT2D eigenvalue weighted by Gasteiger charge is -2.09. The number of benzene rings is 1. The molecule has 4 rings (SSSR count). The van der Waals surface area contributed by atoms with Crippen LogP contribution in [0.15, 0.2) is 36.7 Å². The van der Waals surface area contributed by atoms with Crippen LogP contribution in [0, 0.1) is 6.92 Å². The van der Waals surface area contributed by atoms with E-state index in [1.807, 2.05) is 0 Å². The molecule has 0 aliphatic heterocycles. The summed E-state index contributed by atoms with van der Waals surface area (Å²) < 4.78 is 67.0. The average Bonchev–Trinajstić information content (AvgIpc) is 3.17. The number of hydrogen-bond acceptors (Lipinski definition) is 2. The largest absolute Gasteiger partial charge is 0.433 e. The highest BCUT2D eigenvalue weighted by Crippen LogP contribution is 2.35. The first-order valence-corrected chi connectivity index (χ1v) is 7.57. The first-order chi connectivity index (χ1) is 12.3. The van der Waals surface area contributed by atoms with Gasteiger partial charge in [0.15, 0.2) is 0 Å². The maximum atomic E-state index is 13.4. The molecule has 26 heavy (non-hydrogen) atoms. The molecule has 0 saturated carbocycles. The van der Waals surface area contributed by atoms with Gasteiger partial charge in [-0.05, 0) is 36.8 Å². The van der Waals surface area contributed by atoms with E-state index in [1.54, 1.807) is 25.3 Å². The quantitative estimate of drug-likeness (QED) is 0.498. The number of nitrogens with zero attached hydrogens (tertiary/aromatic N) is 3. The molecule has 0 spiro atoms. The summed E-state index contributed by atoms with van der Waals surface area (Å²) >= 11 is 0. The molecule has 0 saturated heterocycles. The Kier molecular flexibility index (Phi) is 3.50. The first-order valence-electron chi connectivity index (χ1n) is 7.57. The zero-order chi connectivity index (χ0) is 18.6. The highest BCUT2D eigenvalue weighted by Gasteiger charge is 2.33. The minimum atomic E-state index is -4.67. The van der Waals surface area contributed by atoms with Gasteiger partial charge >= 0.3 is 6.18 Å². The van der Waals surface area contributed by atoms with Gasteiger partial charge in [-0.1, -0.05) is 0 Å². The molecular weight excluding hydrogens is 355 g/mol. The van der Waals surface area contributed by atoms with Crippen molar-refractivity contribution < 1.29 is 22.0 Å². The fraction of sp³-hybridized carbons (Fsp3) is 0.176. The van der Waals surface area contributed by atoms with E-state index in [2.05, 4.69) is 15.2 Å². The zero-order valence-corrected chi connectivity index (χ0v) is 13.3. The Balaban J connectivity index is 2.03. The molecule has 0 amide bonds. The standard InChI is InChI=1S/C17H11F5N4/c1-8-4-10(5-9-6-23-25-14(8)9)26-7-12(15(18)19)11-2-3-13(17(20,21)22)24-16(11)26/h2-7,15H,1H3,(H,23,25). The van der Waals surface area contributed by atoms with Gasteiger partial charge in [0.1, 0.15) is 11.3 Å². The number of hydrogen-bond donors (Lipinski definition) is 1. The zero-order valence-electron chi connectivity index (χ0n) is 13.3. The molecule has 0 fully saturated rings. The Morgan fingerprint density at radius 2 is 1.92 bits per heavy atom. The third-order valence-corrected chi connectivity index (χ3v) is 4.22. The van der Waals surface area contributed by atoms with Crippen LogP contribution in [0.4, 0.5) is 22.0 Å². The SMILES string of the molecule is Cc1cc(-n2cc(C(F)F)c3ccc(C(F)(F)F)nc32)cc2cn[nH]c12. The van der Waals surface area contributed by atoms with Crippen molar-refractivity contribution in [2.24, 2.45) is 0 Å². The van der Waals surface area contributed by atoms with Gasteiger partial charge in [0.05, 0.1) is 11.7 Å². The summed E-state index contributed by atoms with van der Waals surface area (Å²) in [6.07, 6.45) is -4.82. The second-order valence-corrected chi connectivity index (χ2v) is 5.92. The van der Waals surface area contributed by atoms with Gasteiger partial charge in [0.25, 0.3) is 6.43 Å². The lowest BCUT2D eigenvalue weighted by Crippen LogP contribution is -2.08. The van der Waals surface area contributed by atoms with Crippen molar-refractivity contribution in [1.82, 2.24) is 19.7 Å². The van der Waals surface area contributed by atoms with Gasteiger partial charge in [-0.2, -0.15) is 18.3 Å². The predicted octanol–water partition coefficient (Wildman–Crippen LogP) is 5.17. The van der Waals surface area contributed by atoms with Crippen LogP contribution in [-0.4, -0.2) is 19.7 Å². The van der Waals surface area contributed by atoms with Crippen molar-refractivity contribution in [3.8, 4) is 5.69 Å². The van der Waals surface area contributed by atoms with Crippen LogP contribution in [0.1, 0.15) is 23.2 Å². The Labute approximate surface area is 143 Å². The Hall–Kier alpha value is -2.97. The number of aromatic nitrogens is 4. The van der Waals surface area contributed by atoms with Gasteiger partial charge in [-0.25, -0.2) is 13.8 Å². The topological polar surface area (TPSA) is 46.5 Å². The number of aryl methyl sites for hydroxylation is 1. The summed E-state index contributed by atoms with van der Waals surface area (Å²) in [6, 6.07) is 5.08. The predicted molar refractivity (Wildman–Crippen MR) is 85.4 cm³/mol. The Morgan fingerprint density at radius 1 is 1.15 bits per heavy atom. The van der Waals surface area contributed by atoms with Crippen LogP contribution in [0.25, 0.3) is 27.6 Å². The van der Waals surface area contributed by atoms with Gasteiger partial charge in [-0.15, -0.1) is 0 Å². The molecule has 3 aromatic heterocycles. The Bertz CT molecular complexity index is 1120. The highest BCUT2D eigenvalue weighted by molar-refractivity contribution is 5.87. The third kappa shape index (κ3) is 2.51. The molecule has 1 N–H and O–H groups in total. The second kappa shape index (κ2) is 5.52. The number of H-pyrrole nitrogens is 1. The van der Waals surface area contributed by atoms with Crippen molar-refractivity contribution >= 4 is 21.9 Å². The lowest BCUT2D eigenvalue weighted by molar-refractivity contribution is -0.141. The van der Waals surface area contributed by atoms with Crippen molar-refractivity contribution in [1.29, 1.82) is 0 Å². The van der Waals surface area contributed by atoms with E-state index in [0.717, 1.165) is 23.3 Å². The van der Waals surface area contributed by atoms with Crippen molar-refractivity contribution in [2.45, 2.75) is 19.5 Å². The van der Waals surface area contributed by atoms with Gasteiger partial charge in [-0.3, -0.25) is 5.10 Å². The summed E-state index contributed by atoms with van der Waals surface area (Å²) in [5.41, 5.74) is 0.306. The normalized spacial score (nSPS) is 12.6. The monoisotopic (exact) mass is 366 g/mol. The van der Waals surface area contributed by atoms with Gasteiger partial charge in [0, 0.05) is 28.2 Å². The van der Waals surface area contributed by atoms with E-state index < -0.39 is 18.3 Å². The smallest absolute Gasteiger partial charge is 0.301 e. The van der Waals surface area contributed by atoms with E-state index in [0.29, 0.717) is 17.1 Å². The van der Waals surface area contributed by atoms with Gasteiger partial charge in [0.2, 0.25) is 0 Å². The molecule has 0 bridgehead atoms. The lowest BCUT2D eigenvalue weighted by atomic mass is 10.1. The van der Waals surface area contributed by atoms with Crippen LogP contribution in [0.5, 0.6) is 0 Å². The van der Waals surface area contributed by atoms with Crippen LogP contribution in [0.2, 0.25) is 0 Å². The van der Waals surface area contributed by atoms with Crippen LogP contribution < -0.4 is 0 Å². The molecule has 0 unspecified atom stereocenters. The maximum absolute atomic E-state index is 13.4. The molecular formula is C17H11F5N4. The summed E-state index contributed by atoms with van der Waals surface area (Å²) in [5.74, 6) is 0. The number of nitrogens with one attached hydrogen (secondary N) is 1. The molecule has 9 heteroatoms. The van der Waals surface area contributed by atoms with Crippen LogP contribution >= 0.6 is 0 Å². The van der Waals surface area contributed by atoms with E-state index >= 15 is 0 Å². The third-order valence-electron chi connectivity index (χ3n) is 4.22. The number of pyridine rings is 1. The summed E-state index contributed by atoms with van der Waals surface area (Å²) in [6.45, 7) is 1.79. The molecule has 0 atom stereocenters. The number of aromatic amines is 1. The summed E-state index contributed by atoms with van der Waals surface area (Å²) in [5, 5.41) is 7.43. The first kappa shape index (κ1) is 16.5. The number of rotatable bonds is 2. The van der Waals surface area contributed by atoms with Gasteiger partial charge < -0.3 is 4.57 Å². The molecule has 1 aromatic carbocycles. The fourth-order valence-electron chi connectivity index (χ4n) is 3.01. The molecule has 0 aliphatic carbocycles. The van der Waals surface area contributed by atoms with Crippen LogP contribution in [0.3, 0.4) is 0 Å². The number of halogens is 5. The van der Waals surface area contributed by atoms with E-state index in [1.165, 1.54) is 4.57 Å².